The molecular formula is C16H22FNO2. The van der Waals surface area contributed by atoms with Crippen molar-refractivity contribution >= 4 is 5.97 Å². The summed E-state index contributed by atoms with van der Waals surface area (Å²) < 4.78 is 13.0. The van der Waals surface area contributed by atoms with E-state index in [1.54, 1.807) is 12.1 Å². The molecule has 0 radical (unpaired) electrons. The lowest BCUT2D eigenvalue weighted by atomic mass is 9.89. The van der Waals surface area contributed by atoms with E-state index in [0.29, 0.717) is 12.8 Å². The molecule has 2 atom stereocenters. The van der Waals surface area contributed by atoms with Crippen molar-refractivity contribution in [3.63, 3.8) is 0 Å². The van der Waals surface area contributed by atoms with Gasteiger partial charge in [0.2, 0.25) is 0 Å². The number of halogens is 1. The zero-order chi connectivity index (χ0) is 14.8. The van der Waals surface area contributed by atoms with Crippen LogP contribution in [0.15, 0.2) is 24.3 Å². The molecule has 1 aliphatic heterocycles. The number of nitrogens with zero attached hydrogens (tertiary/aromatic N) is 1. The maximum Gasteiger partial charge on any atom is 0.324 e. The summed E-state index contributed by atoms with van der Waals surface area (Å²) in [5, 5.41) is 9.70. The van der Waals surface area contributed by atoms with Crippen LogP contribution in [0.3, 0.4) is 0 Å². The first-order valence-corrected chi connectivity index (χ1v) is 7.27. The first-order chi connectivity index (χ1) is 9.51. The van der Waals surface area contributed by atoms with Gasteiger partial charge in [-0.25, -0.2) is 4.39 Å². The Bertz CT molecular complexity index is 474. The van der Waals surface area contributed by atoms with E-state index < -0.39 is 11.5 Å². The van der Waals surface area contributed by atoms with Crippen LogP contribution in [0.1, 0.15) is 51.1 Å². The minimum absolute atomic E-state index is 0.0132. The number of carboxylic acid groups (broad SMARTS) is 1. The highest BCUT2D eigenvalue weighted by molar-refractivity contribution is 5.79. The van der Waals surface area contributed by atoms with Gasteiger partial charge in [0.15, 0.2) is 0 Å². The molecule has 1 aromatic carbocycles. The normalized spacial score (nSPS) is 24.8. The monoisotopic (exact) mass is 279 g/mol. The number of rotatable bonds is 5. The first-order valence-electron chi connectivity index (χ1n) is 7.27. The zero-order valence-corrected chi connectivity index (χ0v) is 12.1. The van der Waals surface area contributed by atoms with Crippen LogP contribution in [-0.4, -0.2) is 28.1 Å². The quantitative estimate of drug-likeness (QED) is 0.895. The summed E-state index contributed by atoms with van der Waals surface area (Å²) in [4.78, 5) is 13.9. The molecular weight excluding hydrogens is 257 g/mol. The molecule has 3 nitrogen and oxygen atoms in total. The van der Waals surface area contributed by atoms with Gasteiger partial charge in [0.25, 0.3) is 0 Å². The summed E-state index contributed by atoms with van der Waals surface area (Å²) in [5.41, 5.74) is 0.206. The van der Waals surface area contributed by atoms with Gasteiger partial charge in [0, 0.05) is 6.04 Å². The maximum atomic E-state index is 13.0. The summed E-state index contributed by atoms with van der Waals surface area (Å²) in [6, 6.07) is 6.35. The van der Waals surface area contributed by atoms with Crippen molar-refractivity contribution in [3.8, 4) is 0 Å². The van der Waals surface area contributed by atoms with Crippen molar-refractivity contribution in [2.24, 2.45) is 0 Å². The molecule has 1 saturated heterocycles. The van der Waals surface area contributed by atoms with Crippen LogP contribution in [-0.2, 0) is 4.79 Å². The molecule has 0 aliphatic carbocycles. The average Bonchev–Trinajstić information content (AvgIpc) is 2.84. The van der Waals surface area contributed by atoms with E-state index in [1.807, 2.05) is 13.8 Å². The molecule has 2 rings (SSSR count). The van der Waals surface area contributed by atoms with E-state index in [4.69, 9.17) is 0 Å². The van der Waals surface area contributed by atoms with E-state index in [1.165, 1.54) is 12.1 Å². The summed E-state index contributed by atoms with van der Waals surface area (Å²) in [6.07, 6.45) is 3.10. The molecule has 2 unspecified atom stereocenters. The van der Waals surface area contributed by atoms with Crippen molar-refractivity contribution in [3.05, 3.63) is 35.6 Å². The van der Waals surface area contributed by atoms with Crippen LogP contribution in [0.4, 0.5) is 4.39 Å². The van der Waals surface area contributed by atoms with Crippen molar-refractivity contribution in [1.29, 1.82) is 0 Å². The fourth-order valence-electron chi connectivity index (χ4n) is 3.40. The highest BCUT2D eigenvalue weighted by Crippen LogP contribution is 2.40. The third-order valence-electron chi connectivity index (χ3n) is 4.42. The number of hydrogen-bond donors (Lipinski definition) is 1. The molecule has 0 bridgehead atoms. The minimum Gasteiger partial charge on any atom is -0.480 e. The molecule has 1 aliphatic rings. The largest absolute Gasteiger partial charge is 0.480 e. The Morgan fingerprint density at radius 1 is 1.45 bits per heavy atom. The predicted molar refractivity (Wildman–Crippen MR) is 76.0 cm³/mol. The van der Waals surface area contributed by atoms with E-state index in [9.17, 15) is 14.3 Å². The van der Waals surface area contributed by atoms with Crippen molar-refractivity contribution in [1.82, 2.24) is 4.90 Å². The van der Waals surface area contributed by atoms with Crippen LogP contribution < -0.4 is 0 Å². The van der Waals surface area contributed by atoms with Crippen LogP contribution >= 0.6 is 0 Å². The van der Waals surface area contributed by atoms with Gasteiger partial charge < -0.3 is 5.11 Å². The first kappa shape index (κ1) is 15.0. The fourth-order valence-corrected chi connectivity index (χ4v) is 3.40. The highest BCUT2D eigenvalue weighted by Gasteiger charge is 2.48. The molecule has 0 aromatic heterocycles. The highest BCUT2D eigenvalue weighted by atomic mass is 19.1. The Morgan fingerprint density at radius 3 is 2.65 bits per heavy atom. The Morgan fingerprint density at radius 2 is 2.10 bits per heavy atom. The molecule has 1 aromatic rings. The Kier molecular flexibility index (Phi) is 4.43. The summed E-state index contributed by atoms with van der Waals surface area (Å²) in [5.74, 6) is -0.994. The number of benzene rings is 1. The lowest BCUT2D eigenvalue weighted by Gasteiger charge is -2.39. The third-order valence-corrected chi connectivity index (χ3v) is 4.42. The van der Waals surface area contributed by atoms with E-state index in [-0.39, 0.29) is 11.9 Å². The van der Waals surface area contributed by atoms with Crippen LogP contribution in [0.5, 0.6) is 0 Å². The van der Waals surface area contributed by atoms with E-state index >= 15 is 0 Å². The summed E-state index contributed by atoms with van der Waals surface area (Å²) in [7, 11) is 0. The molecule has 110 valence electrons. The topological polar surface area (TPSA) is 40.5 Å². The number of carbonyl (C=O) groups is 1. The second-order valence-corrected chi connectivity index (χ2v) is 5.61. The Hall–Kier alpha value is -1.42. The number of aliphatic carboxylic acids is 1. The smallest absolute Gasteiger partial charge is 0.324 e. The Balaban J connectivity index is 2.29. The molecule has 1 fully saturated rings. The van der Waals surface area contributed by atoms with Gasteiger partial charge >= 0.3 is 5.97 Å². The van der Waals surface area contributed by atoms with Gasteiger partial charge in [0.1, 0.15) is 11.4 Å². The summed E-state index contributed by atoms with van der Waals surface area (Å²) in [6.45, 7) is 4.81. The average molecular weight is 279 g/mol. The second-order valence-electron chi connectivity index (χ2n) is 5.61. The van der Waals surface area contributed by atoms with Gasteiger partial charge in [-0.05, 0) is 50.4 Å². The van der Waals surface area contributed by atoms with Crippen molar-refractivity contribution < 1.29 is 14.3 Å². The van der Waals surface area contributed by atoms with E-state index in [2.05, 4.69) is 4.90 Å². The van der Waals surface area contributed by atoms with Crippen molar-refractivity contribution in [2.45, 2.75) is 51.1 Å². The van der Waals surface area contributed by atoms with Gasteiger partial charge in [-0.15, -0.1) is 0 Å². The minimum atomic E-state index is -0.761. The maximum absolute atomic E-state index is 13.0. The second kappa shape index (κ2) is 5.92. The van der Waals surface area contributed by atoms with Gasteiger partial charge in [0.05, 0.1) is 0 Å². The van der Waals surface area contributed by atoms with E-state index in [0.717, 1.165) is 24.9 Å². The lowest BCUT2D eigenvalue weighted by Crippen LogP contribution is -2.51. The zero-order valence-electron chi connectivity index (χ0n) is 12.1. The molecule has 0 saturated carbocycles. The van der Waals surface area contributed by atoms with Crippen LogP contribution in [0.2, 0.25) is 0 Å². The fraction of sp³-hybridized carbons (Fsp3) is 0.562. The van der Waals surface area contributed by atoms with Gasteiger partial charge in [-0.1, -0.05) is 25.5 Å². The standard InChI is InChI=1S/C16H22FNO2/c1-3-9-16(15(19)20)10-4-11-18(16)12(2)13-5-7-14(17)8-6-13/h5-8,12H,3-4,9-11H2,1-2H3,(H,19,20). The summed E-state index contributed by atoms with van der Waals surface area (Å²) >= 11 is 0. The van der Waals surface area contributed by atoms with Crippen LogP contribution in [0, 0.1) is 5.82 Å². The molecule has 20 heavy (non-hydrogen) atoms. The number of carboxylic acids is 1. The number of likely N-dealkylation sites (tertiary alicyclic amines) is 1. The molecule has 4 heteroatoms. The predicted octanol–water partition coefficient (Wildman–Crippen LogP) is 3.61. The third kappa shape index (κ3) is 2.57. The van der Waals surface area contributed by atoms with Gasteiger partial charge in [-0.2, -0.15) is 0 Å². The van der Waals surface area contributed by atoms with Crippen LogP contribution in [0.25, 0.3) is 0 Å². The number of hydrogen-bond acceptors (Lipinski definition) is 2. The molecule has 0 amide bonds. The molecule has 0 spiro atoms. The SMILES string of the molecule is CCCC1(C(=O)O)CCCN1C(C)c1ccc(F)cc1. The lowest BCUT2D eigenvalue weighted by molar-refractivity contribution is -0.151. The van der Waals surface area contributed by atoms with Gasteiger partial charge in [-0.3, -0.25) is 9.69 Å². The Labute approximate surface area is 119 Å². The molecule has 1 heterocycles. The molecule has 1 N–H and O–H groups in total. The van der Waals surface area contributed by atoms with Crippen molar-refractivity contribution in [2.75, 3.05) is 6.54 Å².